The maximum Gasteiger partial charge on any atom is 0.240 e. The molecule has 4 heteroatoms. The van der Waals surface area contributed by atoms with E-state index in [2.05, 4.69) is 27.3 Å². The van der Waals surface area contributed by atoms with Crippen LogP contribution in [-0.2, 0) is 11.3 Å². The molecular weight excluding hydrogens is 340 g/mol. The number of benzene rings is 2. The molecule has 0 aliphatic heterocycles. The molecule has 0 saturated heterocycles. The smallest absolute Gasteiger partial charge is 0.240 e. The lowest BCUT2D eigenvalue weighted by Crippen LogP contribution is -2.29. The number of carbonyl (C=O) groups is 1. The second-order valence-electron chi connectivity index (χ2n) is 5.35. The van der Waals surface area contributed by atoms with Gasteiger partial charge in [0.2, 0.25) is 5.91 Å². The highest BCUT2D eigenvalue weighted by Crippen LogP contribution is 2.21. The van der Waals surface area contributed by atoms with Gasteiger partial charge in [-0.1, -0.05) is 46.3 Å². The molecule has 0 radical (unpaired) electrons. The summed E-state index contributed by atoms with van der Waals surface area (Å²) < 4.78 is 3.01. The molecule has 3 rings (SSSR count). The Balaban J connectivity index is 1.71. The predicted octanol–water partition coefficient (Wildman–Crippen LogP) is 4.28. The zero-order valence-electron chi connectivity index (χ0n) is 12.3. The third-order valence-corrected chi connectivity index (χ3v) is 4.22. The molecule has 1 amide bonds. The molecule has 3 aromatic rings. The maximum absolute atomic E-state index is 12.3. The summed E-state index contributed by atoms with van der Waals surface area (Å²) in [6, 6.07) is 18.1. The Morgan fingerprint density at radius 3 is 2.73 bits per heavy atom. The standard InChI is InChI=1S/C18H17BrN2O/c1-13(14-5-3-2-4-6-14)20-18(22)12-21-10-9-15-11-16(19)7-8-17(15)21/h2-11,13H,12H2,1H3,(H,20,22). The molecule has 1 heterocycles. The van der Waals surface area contributed by atoms with Gasteiger partial charge >= 0.3 is 0 Å². The minimum Gasteiger partial charge on any atom is -0.348 e. The SMILES string of the molecule is CC(NC(=O)Cn1ccc2cc(Br)ccc21)c1ccccc1. The lowest BCUT2D eigenvalue weighted by molar-refractivity contribution is -0.122. The number of hydrogen-bond acceptors (Lipinski definition) is 1. The average molecular weight is 357 g/mol. The van der Waals surface area contributed by atoms with Gasteiger partial charge in [-0.25, -0.2) is 0 Å². The summed E-state index contributed by atoms with van der Waals surface area (Å²) in [5.41, 5.74) is 2.17. The Labute approximate surface area is 138 Å². The van der Waals surface area contributed by atoms with E-state index in [1.165, 1.54) is 0 Å². The van der Waals surface area contributed by atoms with Crippen LogP contribution in [0, 0.1) is 0 Å². The van der Waals surface area contributed by atoms with Crippen molar-refractivity contribution in [1.82, 2.24) is 9.88 Å². The van der Waals surface area contributed by atoms with Crippen LogP contribution in [-0.4, -0.2) is 10.5 Å². The second-order valence-corrected chi connectivity index (χ2v) is 6.26. The molecule has 0 bridgehead atoms. The minimum absolute atomic E-state index is 0.00432. The summed E-state index contributed by atoms with van der Waals surface area (Å²) in [6.45, 7) is 2.32. The highest BCUT2D eigenvalue weighted by molar-refractivity contribution is 9.10. The Bertz CT molecular complexity index is 795. The monoisotopic (exact) mass is 356 g/mol. The summed E-state index contributed by atoms with van der Waals surface area (Å²) in [5.74, 6) is 0.0109. The van der Waals surface area contributed by atoms with E-state index in [9.17, 15) is 4.79 Å². The molecule has 1 unspecified atom stereocenters. The Kier molecular flexibility index (Phi) is 4.29. The van der Waals surface area contributed by atoms with E-state index in [4.69, 9.17) is 0 Å². The van der Waals surface area contributed by atoms with Gasteiger partial charge < -0.3 is 9.88 Å². The van der Waals surface area contributed by atoms with E-state index in [0.717, 1.165) is 20.9 Å². The zero-order chi connectivity index (χ0) is 15.5. The topological polar surface area (TPSA) is 34.0 Å². The number of amides is 1. The van der Waals surface area contributed by atoms with Crippen LogP contribution in [0.5, 0.6) is 0 Å². The van der Waals surface area contributed by atoms with Crippen LogP contribution in [0.25, 0.3) is 10.9 Å². The van der Waals surface area contributed by atoms with E-state index >= 15 is 0 Å². The highest BCUT2D eigenvalue weighted by atomic mass is 79.9. The van der Waals surface area contributed by atoms with Gasteiger partial charge in [0.25, 0.3) is 0 Å². The summed E-state index contributed by atoms with van der Waals surface area (Å²) in [7, 11) is 0. The van der Waals surface area contributed by atoms with Gasteiger partial charge in [0.05, 0.1) is 6.04 Å². The van der Waals surface area contributed by atoms with Crippen LogP contribution in [0.1, 0.15) is 18.5 Å². The van der Waals surface area contributed by atoms with Crippen LogP contribution in [0.4, 0.5) is 0 Å². The first-order chi connectivity index (χ1) is 10.6. The van der Waals surface area contributed by atoms with E-state index < -0.39 is 0 Å². The van der Waals surface area contributed by atoms with Crippen molar-refractivity contribution < 1.29 is 4.79 Å². The first kappa shape index (κ1) is 14.9. The van der Waals surface area contributed by atoms with Crippen molar-refractivity contribution >= 4 is 32.7 Å². The van der Waals surface area contributed by atoms with Gasteiger partial charge in [0, 0.05) is 21.6 Å². The summed E-state index contributed by atoms with van der Waals surface area (Å²) in [6.07, 6.45) is 1.95. The third kappa shape index (κ3) is 3.22. The van der Waals surface area contributed by atoms with Crippen LogP contribution in [0.3, 0.4) is 0 Å². The number of nitrogens with one attached hydrogen (secondary N) is 1. The van der Waals surface area contributed by atoms with Gasteiger partial charge in [0.1, 0.15) is 6.54 Å². The van der Waals surface area contributed by atoms with Gasteiger partial charge in [-0.05, 0) is 36.8 Å². The van der Waals surface area contributed by atoms with Gasteiger partial charge in [-0.2, -0.15) is 0 Å². The number of fused-ring (bicyclic) bond motifs is 1. The molecule has 3 nitrogen and oxygen atoms in total. The first-order valence-electron chi connectivity index (χ1n) is 7.22. The number of nitrogens with zero attached hydrogens (tertiary/aromatic N) is 1. The number of halogens is 1. The molecule has 0 spiro atoms. The average Bonchev–Trinajstić information content (AvgIpc) is 2.90. The Morgan fingerprint density at radius 1 is 1.18 bits per heavy atom. The van der Waals surface area contributed by atoms with E-state index in [0.29, 0.717) is 6.54 Å². The van der Waals surface area contributed by atoms with Gasteiger partial charge in [0.15, 0.2) is 0 Å². The lowest BCUT2D eigenvalue weighted by atomic mass is 10.1. The van der Waals surface area contributed by atoms with Crippen molar-refractivity contribution in [3.63, 3.8) is 0 Å². The summed E-state index contributed by atoms with van der Waals surface area (Å²) >= 11 is 3.46. The molecule has 22 heavy (non-hydrogen) atoms. The normalized spacial score (nSPS) is 12.3. The fourth-order valence-electron chi connectivity index (χ4n) is 2.58. The maximum atomic E-state index is 12.3. The van der Waals surface area contributed by atoms with E-state index in [1.807, 2.05) is 66.2 Å². The van der Waals surface area contributed by atoms with Crippen LogP contribution in [0.15, 0.2) is 65.3 Å². The molecular formula is C18H17BrN2O. The highest BCUT2D eigenvalue weighted by Gasteiger charge is 2.11. The lowest BCUT2D eigenvalue weighted by Gasteiger charge is -2.15. The molecule has 0 saturated carbocycles. The van der Waals surface area contributed by atoms with Crippen molar-refractivity contribution in [2.24, 2.45) is 0 Å². The van der Waals surface area contributed by atoms with Gasteiger partial charge in [-0.3, -0.25) is 4.79 Å². The number of rotatable bonds is 4. The van der Waals surface area contributed by atoms with Crippen molar-refractivity contribution in [2.75, 3.05) is 0 Å². The third-order valence-electron chi connectivity index (χ3n) is 3.72. The molecule has 2 aromatic carbocycles. The molecule has 0 aliphatic rings. The largest absolute Gasteiger partial charge is 0.348 e. The van der Waals surface area contributed by atoms with Gasteiger partial charge in [-0.15, -0.1) is 0 Å². The molecule has 0 fully saturated rings. The van der Waals surface area contributed by atoms with E-state index in [1.54, 1.807) is 0 Å². The van der Waals surface area contributed by atoms with Crippen molar-refractivity contribution in [2.45, 2.75) is 19.5 Å². The van der Waals surface area contributed by atoms with Crippen LogP contribution in [0.2, 0.25) is 0 Å². The molecule has 112 valence electrons. The fraction of sp³-hybridized carbons (Fsp3) is 0.167. The van der Waals surface area contributed by atoms with Crippen LogP contribution >= 0.6 is 15.9 Å². The number of hydrogen-bond donors (Lipinski definition) is 1. The first-order valence-corrected chi connectivity index (χ1v) is 8.01. The Morgan fingerprint density at radius 2 is 1.95 bits per heavy atom. The molecule has 1 aromatic heterocycles. The van der Waals surface area contributed by atoms with Crippen molar-refractivity contribution in [3.05, 3.63) is 70.8 Å². The Hall–Kier alpha value is -2.07. The number of aromatic nitrogens is 1. The quantitative estimate of drug-likeness (QED) is 0.743. The minimum atomic E-state index is 0.00432. The van der Waals surface area contributed by atoms with Crippen LogP contribution < -0.4 is 5.32 Å². The van der Waals surface area contributed by atoms with Crippen molar-refractivity contribution in [1.29, 1.82) is 0 Å². The van der Waals surface area contributed by atoms with E-state index in [-0.39, 0.29) is 11.9 Å². The zero-order valence-corrected chi connectivity index (χ0v) is 13.9. The molecule has 0 aliphatic carbocycles. The fourth-order valence-corrected chi connectivity index (χ4v) is 2.95. The molecule has 1 atom stereocenters. The summed E-state index contributed by atoms with van der Waals surface area (Å²) in [5, 5.41) is 4.16. The van der Waals surface area contributed by atoms with Crippen molar-refractivity contribution in [3.8, 4) is 0 Å². The second kappa shape index (κ2) is 6.36. The summed E-state index contributed by atoms with van der Waals surface area (Å²) in [4.78, 5) is 12.3. The molecule has 1 N–H and O–H groups in total. The predicted molar refractivity (Wildman–Crippen MR) is 92.6 cm³/mol. The number of carbonyl (C=O) groups excluding carboxylic acids is 1.